The lowest BCUT2D eigenvalue weighted by Crippen LogP contribution is -2.29. The SMILES string of the molecule is OC1CCC(Nc2nc(Nc3cccc(C(F)(F)F)c3)ncc2C2CCCCC2)CC1. The van der Waals surface area contributed by atoms with E-state index in [0.717, 1.165) is 62.0 Å². The molecule has 0 atom stereocenters. The predicted molar refractivity (Wildman–Crippen MR) is 114 cm³/mol. The Hall–Kier alpha value is -2.35. The molecule has 0 amide bonds. The molecule has 168 valence electrons. The Kier molecular flexibility index (Phi) is 6.65. The average molecular weight is 435 g/mol. The summed E-state index contributed by atoms with van der Waals surface area (Å²) in [5.41, 5.74) is 0.669. The van der Waals surface area contributed by atoms with Crippen molar-refractivity contribution in [2.24, 2.45) is 0 Å². The summed E-state index contributed by atoms with van der Waals surface area (Å²) in [6, 6.07) is 5.27. The molecule has 0 saturated heterocycles. The number of anilines is 3. The fraction of sp³-hybridized carbons (Fsp3) is 0.565. The molecule has 2 aliphatic carbocycles. The van der Waals surface area contributed by atoms with Gasteiger partial charge in [0.25, 0.3) is 0 Å². The molecule has 1 aromatic carbocycles. The molecule has 0 bridgehead atoms. The van der Waals surface area contributed by atoms with Crippen LogP contribution in [0.15, 0.2) is 30.5 Å². The second kappa shape index (κ2) is 9.42. The minimum atomic E-state index is -4.40. The van der Waals surface area contributed by atoms with Crippen LogP contribution in [0.4, 0.5) is 30.6 Å². The Labute approximate surface area is 180 Å². The molecule has 2 fully saturated rings. The summed E-state index contributed by atoms with van der Waals surface area (Å²) in [4.78, 5) is 9.09. The summed E-state index contributed by atoms with van der Waals surface area (Å²) in [7, 11) is 0. The number of benzene rings is 1. The van der Waals surface area contributed by atoms with Crippen molar-refractivity contribution in [2.45, 2.75) is 82.0 Å². The van der Waals surface area contributed by atoms with E-state index in [4.69, 9.17) is 0 Å². The van der Waals surface area contributed by atoms with Gasteiger partial charge in [0.2, 0.25) is 5.95 Å². The second-order valence-electron chi connectivity index (χ2n) is 8.69. The van der Waals surface area contributed by atoms with Crippen molar-refractivity contribution in [3.8, 4) is 0 Å². The molecule has 0 aliphatic heterocycles. The number of alkyl halides is 3. The van der Waals surface area contributed by atoms with Crippen LogP contribution in [0, 0.1) is 0 Å². The van der Waals surface area contributed by atoms with E-state index >= 15 is 0 Å². The molecule has 8 heteroatoms. The van der Waals surface area contributed by atoms with Crippen molar-refractivity contribution in [3.63, 3.8) is 0 Å². The molecule has 2 aromatic rings. The molecule has 1 heterocycles. The topological polar surface area (TPSA) is 70.1 Å². The van der Waals surface area contributed by atoms with Gasteiger partial charge in [0.1, 0.15) is 5.82 Å². The van der Waals surface area contributed by atoms with E-state index in [1.54, 1.807) is 6.07 Å². The zero-order valence-electron chi connectivity index (χ0n) is 17.5. The molecule has 0 radical (unpaired) electrons. The third-order valence-electron chi connectivity index (χ3n) is 6.35. The first kappa shape index (κ1) is 21.9. The number of nitrogens with one attached hydrogen (secondary N) is 2. The summed E-state index contributed by atoms with van der Waals surface area (Å²) in [5.74, 6) is 1.43. The second-order valence-corrected chi connectivity index (χ2v) is 8.69. The fourth-order valence-electron chi connectivity index (χ4n) is 4.60. The number of nitrogens with zero attached hydrogens (tertiary/aromatic N) is 2. The Morgan fingerprint density at radius 3 is 2.42 bits per heavy atom. The van der Waals surface area contributed by atoms with E-state index < -0.39 is 11.7 Å². The Bertz CT molecular complexity index is 875. The van der Waals surface area contributed by atoms with Gasteiger partial charge < -0.3 is 15.7 Å². The first-order chi connectivity index (χ1) is 14.9. The first-order valence-corrected chi connectivity index (χ1v) is 11.1. The maximum atomic E-state index is 13.0. The van der Waals surface area contributed by atoms with Gasteiger partial charge in [-0.2, -0.15) is 18.2 Å². The summed E-state index contributed by atoms with van der Waals surface area (Å²) in [5, 5.41) is 16.3. The van der Waals surface area contributed by atoms with Crippen molar-refractivity contribution in [3.05, 3.63) is 41.6 Å². The minimum Gasteiger partial charge on any atom is -0.393 e. The minimum absolute atomic E-state index is 0.224. The molecule has 1 aromatic heterocycles. The van der Waals surface area contributed by atoms with Crippen LogP contribution in [0.5, 0.6) is 0 Å². The third-order valence-corrected chi connectivity index (χ3v) is 6.35. The molecule has 3 N–H and O–H groups in total. The van der Waals surface area contributed by atoms with E-state index in [1.807, 2.05) is 6.20 Å². The average Bonchev–Trinajstić information content (AvgIpc) is 2.76. The number of hydrogen-bond donors (Lipinski definition) is 3. The number of aromatic nitrogens is 2. The van der Waals surface area contributed by atoms with Crippen LogP contribution in [-0.2, 0) is 6.18 Å². The summed E-state index contributed by atoms with van der Waals surface area (Å²) >= 11 is 0. The Morgan fingerprint density at radius 2 is 1.71 bits per heavy atom. The maximum Gasteiger partial charge on any atom is 0.416 e. The molecular weight excluding hydrogens is 405 g/mol. The zero-order chi connectivity index (χ0) is 21.8. The molecule has 2 saturated carbocycles. The van der Waals surface area contributed by atoms with Gasteiger partial charge in [-0.05, 0) is 62.6 Å². The number of rotatable bonds is 5. The molecule has 4 rings (SSSR count). The lowest BCUT2D eigenvalue weighted by atomic mass is 9.84. The molecule has 5 nitrogen and oxygen atoms in total. The van der Waals surface area contributed by atoms with Crippen molar-refractivity contribution >= 4 is 17.5 Å². The number of hydrogen-bond acceptors (Lipinski definition) is 5. The van der Waals surface area contributed by atoms with Gasteiger partial charge in [0, 0.05) is 23.5 Å². The fourth-order valence-corrected chi connectivity index (χ4v) is 4.60. The largest absolute Gasteiger partial charge is 0.416 e. The highest BCUT2D eigenvalue weighted by molar-refractivity contribution is 5.58. The number of aliphatic hydroxyl groups is 1. The quantitative estimate of drug-likeness (QED) is 0.538. The van der Waals surface area contributed by atoms with Crippen molar-refractivity contribution in [1.82, 2.24) is 9.97 Å². The Balaban J connectivity index is 1.57. The van der Waals surface area contributed by atoms with Gasteiger partial charge in [0.15, 0.2) is 0 Å². The van der Waals surface area contributed by atoms with Crippen LogP contribution in [0.3, 0.4) is 0 Å². The van der Waals surface area contributed by atoms with Gasteiger partial charge in [-0.1, -0.05) is 25.3 Å². The monoisotopic (exact) mass is 434 g/mol. The standard InChI is InChI=1S/C23H29F3N4O/c24-23(25,26)16-7-4-8-18(13-16)29-22-27-14-20(15-5-2-1-3-6-15)21(30-22)28-17-9-11-19(31)12-10-17/h4,7-8,13-15,17,19,31H,1-3,5-6,9-12H2,(H2,27,28,29,30). The van der Waals surface area contributed by atoms with Crippen LogP contribution in [0.25, 0.3) is 0 Å². The van der Waals surface area contributed by atoms with Crippen LogP contribution in [0.1, 0.15) is 74.8 Å². The smallest absolute Gasteiger partial charge is 0.393 e. The molecule has 0 unspecified atom stereocenters. The summed E-state index contributed by atoms with van der Waals surface area (Å²) in [6.45, 7) is 0. The van der Waals surface area contributed by atoms with E-state index in [2.05, 4.69) is 20.6 Å². The molecular formula is C23H29F3N4O. The lowest BCUT2D eigenvalue weighted by molar-refractivity contribution is -0.137. The van der Waals surface area contributed by atoms with E-state index in [-0.39, 0.29) is 18.1 Å². The van der Waals surface area contributed by atoms with Crippen molar-refractivity contribution in [1.29, 1.82) is 0 Å². The van der Waals surface area contributed by atoms with Crippen LogP contribution >= 0.6 is 0 Å². The number of aliphatic hydroxyl groups excluding tert-OH is 1. The van der Waals surface area contributed by atoms with Crippen LogP contribution < -0.4 is 10.6 Å². The Morgan fingerprint density at radius 1 is 0.968 bits per heavy atom. The molecule has 2 aliphatic rings. The first-order valence-electron chi connectivity index (χ1n) is 11.1. The highest BCUT2D eigenvalue weighted by Gasteiger charge is 2.30. The highest BCUT2D eigenvalue weighted by atomic mass is 19.4. The van der Waals surface area contributed by atoms with Crippen LogP contribution in [0.2, 0.25) is 0 Å². The van der Waals surface area contributed by atoms with Crippen molar-refractivity contribution in [2.75, 3.05) is 10.6 Å². The lowest BCUT2D eigenvalue weighted by Gasteiger charge is -2.29. The summed E-state index contributed by atoms with van der Waals surface area (Å²) < 4.78 is 39.1. The van der Waals surface area contributed by atoms with Gasteiger partial charge >= 0.3 is 6.18 Å². The van der Waals surface area contributed by atoms with Crippen molar-refractivity contribution < 1.29 is 18.3 Å². The number of halogens is 3. The predicted octanol–water partition coefficient (Wildman–Crippen LogP) is 6.00. The van der Waals surface area contributed by atoms with Gasteiger partial charge in [0.05, 0.1) is 11.7 Å². The normalized spacial score (nSPS) is 22.8. The van der Waals surface area contributed by atoms with Gasteiger partial charge in [-0.25, -0.2) is 4.98 Å². The zero-order valence-corrected chi connectivity index (χ0v) is 17.5. The third kappa shape index (κ3) is 5.67. The molecule has 0 spiro atoms. The van der Waals surface area contributed by atoms with E-state index in [9.17, 15) is 18.3 Å². The molecule has 31 heavy (non-hydrogen) atoms. The van der Waals surface area contributed by atoms with Gasteiger partial charge in [-0.15, -0.1) is 0 Å². The highest BCUT2D eigenvalue weighted by Crippen LogP contribution is 2.37. The van der Waals surface area contributed by atoms with E-state index in [1.165, 1.54) is 25.3 Å². The van der Waals surface area contributed by atoms with Crippen LogP contribution in [-0.4, -0.2) is 27.2 Å². The maximum absolute atomic E-state index is 13.0. The summed E-state index contributed by atoms with van der Waals surface area (Å²) in [6.07, 6.45) is 6.25. The van der Waals surface area contributed by atoms with E-state index in [0.29, 0.717) is 11.6 Å². The van der Waals surface area contributed by atoms with Gasteiger partial charge in [-0.3, -0.25) is 0 Å².